The smallest absolute Gasteiger partial charge is 0.337 e. The Bertz CT molecular complexity index is 938. The molecule has 1 saturated heterocycles. The summed E-state index contributed by atoms with van der Waals surface area (Å²) >= 11 is 0. The highest BCUT2D eigenvalue weighted by molar-refractivity contribution is 6.03. The number of benzene rings is 2. The van der Waals surface area contributed by atoms with Gasteiger partial charge < -0.3 is 20.3 Å². The van der Waals surface area contributed by atoms with E-state index in [1.807, 2.05) is 0 Å². The molecule has 8 nitrogen and oxygen atoms in total. The molecule has 0 spiro atoms. The average Bonchev–Trinajstić information content (AvgIpc) is 3.10. The number of methoxy groups -OCH3 is 1. The first kappa shape index (κ1) is 20.1. The van der Waals surface area contributed by atoms with Crippen molar-refractivity contribution < 1.29 is 23.9 Å². The molecule has 1 aliphatic rings. The summed E-state index contributed by atoms with van der Waals surface area (Å²) in [5, 5.41) is 5.44. The number of amides is 3. The van der Waals surface area contributed by atoms with E-state index < -0.39 is 11.9 Å². The summed E-state index contributed by atoms with van der Waals surface area (Å²) in [5.74, 6) is -1.52. The summed E-state index contributed by atoms with van der Waals surface area (Å²) in [6.07, 6.45) is 0.111. The molecule has 29 heavy (non-hydrogen) atoms. The van der Waals surface area contributed by atoms with Gasteiger partial charge in [-0.05, 0) is 48.5 Å². The molecule has 0 bridgehead atoms. The summed E-state index contributed by atoms with van der Waals surface area (Å²) in [5.41, 5.74) is 2.23. The van der Waals surface area contributed by atoms with Crippen molar-refractivity contribution in [3.05, 3.63) is 54.1 Å². The van der Waals surface area contributed by atoms with Crippen LogP contribution < -0.4 is 15.5 Å². The van der Waals surface area contributed by atoms with Crippen LogP contribution in [-0.2, 0) is 19.1 Å². The Morgan fingerprint density at radius 1 is 0.966 bits per heavy atom. The highest BCUT2D eigenvalue weighted by Gasteiger charge is 2.35. The molecule has 150 valence electrons. The van der Waals surface area contributed by atoms with E-state index in [-0.39, 0.29) is 30.7 Å². The molecule has 2 N–H and O–H groups in total. The molecule has 3 amide bonds. The van der Waals surface area contributed by atoms with Gasteiger partial charge in [0.25, 0.3) is 0 Å². The Balaban J connectivity index is 1.62. The zero-order valence-electron chi connectivity index (χ0n) is 16.1. The van der Waals surface area contributed by atoms with E-state index in [4.69, 9.17) is 0 Å². The lowest BCUT2D eigenvalue weighted by Crippen LogP contribution is -2.28. The third kappa shape index (κ3) is 4.78. The van der Waals surface area contributed by atoms with Crippen LogP contribution in [-0.4, -0.2) is 37.3 Å². The van der Waals surface area contributed by atoms with E-state index in [9.17, 15) is 19.2 Å². The van der Waals surface area contributed by atoms with Gasteiger partial charge in [-0.2, -0.15) is 0 Å². The van der Waals surface area contributed by atoms with Crippen LogP contribution in [0.5, 0.6) is 0 Å². The number of ether oxygens (including phenoxy) is 1. The predicted molar refractivity (Wildman–Crippen MR) is 108 cm³/mol. The van der Waals surface area contributed by atoms with E-state index in [1.54, 1.807) is 53.4 Å². The first-order chi connectivity index (χ1) is 13.9. The SMILES string of the molecule is COC(=O)c1ccc(NC(=O)C2CC(=O)N(c3ccc(NC(C)=O)cc3)C2)cc1. The molecule has 3 rings (SSSR count). The van der Waals surface area contributed by atoms with E-state index in [0.717, 1.165) is 0 Å². The number of carbonyl (C=O) groups excluding carboxylic acids is 4. The van der Waals surface area contributed by atoms with E-state index in [2.05, 4.69) is 15.4 Å². The quantitative estimate of drug-likeness (QED) is 0.757. The molecule has 0 aromatic heterocycles. The maximum atomic E-state index is 12.6. The summed E-state index contributed by atoms with van der Waals surface area (Å²) in [7, 11) is 1.30. The summed E-state index contributed by atoms with van der Waals surface area (Å²) in [6, 6.07) is 13.2. The van der Waals surface area contributed by atoms with Crippen LogP contribution in [0.15, 0.2) is 48.5 Å². The van der Waals surface area contributed by atoms with Crippen molar-refractivity contribution in [2.75, 3.05) is 29.2 Å². The van der Waals surface area contributed by atoms with Crippen molar-refractivity contribution in [2.24, 2.45) is 5.92 Å². The molecule has 0 saturated carbocycles. The van der Waals surface area contributed by atoms with Crippen molar-refractivity contribution in [3.8, 4) is 0 Å². The Labute approximate surface area is 167 Å². The summed E-state index contributed by atoms with van der Waals surface area (Å²) < 4.78 is 4.64. The van der Waals surface area contributed by atoms with Gasteiger partial charge in [-0.25, -0.2) is 4.79 Å². The van der Waals surface area contributed by atoms with E-state index >= 15 is 0 Å². The van der Waals surface area contributed by atoms with Crippen molar-refractivity contribution >= 4 is 40.8 Å². The van der Waals surface area contributed by atoms with Crippen LogP contribution in [0.2, 0.25) is 0 Å². The van der Waals surface area contributed by atoms with Gasteiger partial charge in [-0.1, -0.05) is 0 Å². The number of anilines is 3. The molecule has 1 aliphatic heterocycles. The minimum absolute atomic E-state index is 0.111. The van der Waals surface area contributed by atoms with Crippen molar-refractivity contribution in [2.45, 2.75) is 13.3 Å². The molecular weight excluding hydrogens is 374 g/mol. The Morgan fingerprint density at radius 2 is 1.55 bits per heavy atom. The Morgan fingerprint density at radius 3 is 2.14 bits per heavy atom. The van der Waals surface area contributed by atoms with E-state index in [0.29, 0.717) is 22.6 Å². The number of rotatable bonds is 5. The van der Waals surface area contributed by atoms with E-state index in [1.165, 1.54) is 14.0 Å². The third-order valence-electron chi connectivity index (χ3n) is 4.57. The lowest BCUT2D eigenvalue weighted by atomic mass is 10.1. The highest BCUT2D eigenvalue weighted by atomic mass is 16.5. The predicted octanol–water partition coefficient (Wildman–Crippen LogP) is 2.42. The van der Waals surface area contributed by atoms with Crippen LogP contribution in [0.25, 0.3) is 0 Å². The number of nitrogens with zero attached hydrogens (tertiary/aromatic N) is 1. The first-order valence-electron chi connectivity index (χ1n) is 9.04. The van der Waals surface area contributed by atoms with Gasteiger partial charge in [0.1, 0.15) is 0 Å². The van der Waals surface area contributed by atoms with Gasteiger partial charge in [0.15, 0.2) is 0 Å². The molecule has 0 radical (unpaired) electrons. The number of hydrogen-bond donors (Lipinski definition) is 2. The van der Waals surface area contributed by atoms with Gasteiger partial charge in [0, 0.05) is 37.0 Å². The molecule has 2 aromatic rings. The van der Waals surface area contributed by atoms with Crippen LogP contribution >= 0.6 is 0 Å². The first-order valence-corrected chi connectivity index (χ1v) is 9.04. The van der Waals surface area contributed by atoms with Crippen molar-refractivity contribution in [1.29, 1.82) is 0 Å². The van der Waals surface area contributed by atoms with Crippen LogP contribution in [0.4, 0.5) is 17.1 Å². The number of hydrogen-bond acceptors (Lipinski definition) is 5. The number of esters is 1. The lowest BCUT2D eigenvalue weighted by Gasteiger charge is -2.17. The molecule has 2 aromatic carbocycles. The number of nitrogens with one attached hydrogen (secondary N) is 2. The summed E-state index contributed by atoms with van der Waals surface area (Å²) in [6.45, 7) is 1.69. The topological polar surface area (TPSA) is 105 Å². The molecule has 1 fully saturated rings. The average molecular weight is 395 g/mol. The minimum Gasteiger partial charge on any atom is -0.465 e. The molecule has 1 heterocycles. The van der Waals surface area contributed by atoms with Crippen LogP contribution in [0, 0.1) is 5.92 Å². The van der Waals surface area contributed by atoms with Gasteiger partial charge in [-0.15, -0.1) is 0 Å². The molecule has 8 heteroatoms. The van der Waals surface area contributed by atoms with Gasteiger partial charge in [0.2, 0.25) is 17.7 Å². The third-order valence-corrected chi connectivity index (χ3v) is 4.57. The fourth-order valence-corrected chi connectivity index (χ4v) is 3.11. The Kier molecular flexibility index (Phi) is 5.92. The minimum atomic E-state index is -0.488. The second-order valence-corrected chi connectivity index (χ2v) is 6.69. The normalized spacial score (nSPS) is 15.7. The maximum absolute atomic E-state index is 12.6. The molecular formula is C21H21N3O5. The van der Waals surface area contributed by atoms with Gasteiger partial charge in [-0.3, -0.25) is 14.4 Å². The van der Waals surface area contributed by atoms with Crippen molar-refractivity contribution in [3.63, 3.8) is 0 Å². The molecule has 1 unspecified atom stereocenters. The zero-order chi connectivity index (χ0) is 21.0. The highest BCUT2D eigenvalue weighted by Crippen LogP contribution is 2.27. The zero-order valence-corrected chi connectivity index (χ0v) is 16.1. The van der Waals surface area contributed by atoms with Gasteiger partial charge >= 0.3 is 5.97 Å². The fraction of sp³-hybridized carbons (Fsp3) is 0.238. The van der Waals surface area contributed by atoms with Crippen LogP contribution in [0.1, 0.15) is 23.7 Å². The monoisotopic (exact) mass is 395 g/mol. The Hall–Kier alpha value is -3.68. The number of carbonyl (C=O) groups is 4. The molecule has 1 atom stereocenters. The lowest BCUT2D eigenvalue weighted by molar-refractivity contribution is -0.122. The second kappa shape index (κ2) is 8.55. The van der Waals surface area contributed by atoms with Crippen molar-refractivity contribution in [1.82, 2.24) is 0 Å². The standard InChI is InChI=1S/C21H21N3O5/c1-13(25)22-16-7-9-18(10-8-16)24-12-15(11-19(24)26)20(27)23-17-5-3-14(4-6-17)21(28)29-2/h3-10,15H,11-12H2,1-2H3,(H,22,25)(H,23,27). The fourth-order valence-electron chi connectivity index (χ4n) is 3.11. The van der Waals surface area contributed by atoms with Gasteiger partial charge in [0.05, 0.1) is 18.6 Å². The summed E-state index contributed by atoms with van der Waals surface area (Å²) in [4.78, 5) is 49.1. The van der Waals surface area contributed by atoms with Crippen LogP contribution in [0.3, 0.4) is 0 Å². The second-order valence-electron chi connectivity index (χ2n) is 6.69. The largest absolute Gasteiger partial charge is 0.465 e. The molecule has 0 aliphatic carbocycles. The maximum Gasteiger partial charge on any atom is 0.337 e.